The Morgan fingerprint density at radius 1 is 1.33 bits per heavy atom. The second-order valence-corrected chi connectivity index (χ2v) is 5.61. The lowest BCUT2D eigenvalue weighted by molar-refractivity contribution is 0.400. The minimum Gasteiger partial charge on any atom is -0.458 e. The molecule has 96 valence electrons. The molecular weight excluding hydrogens is 251 g/mol. The van der Waals surface area contributed by atoms with E-state index in [0.717, 1.165) is 0 Å². The summed E-state index contributed by atoms with van der Waals surface area (Å²) < 4.78 is 19.1. The largest absolute Gasteiger partial charge is 0.458 e. The van der Waals surface area contributed by atoms with Crippen LogP contribution in [-0.2, 0) is 0 Å². The van der Waals surface area contributed by atoms with Gasteiger partial charge in [-0.3, -0.25) is 0 Å². The number of alkyl halides is 1. The van der Waals surface area contributed by atoms with Crippen LogP contribution in [-0.4, -0.2) is 5.38 Å². The van der Waals surface area contributed by atoms with Crippen molar-refractivity contribution in [3.8, 4) is 5.75 Å². The van der Waals surface area contributed by atoms with Crippen molar-refractivity contribution in [3.63, 3.8) is 0 Å². The maximum atomic E-state index is 13.4. The second-order valence-electron chi connectivity index (χ2n) is 5.14. The molecular formula is C15H16ClFO. The van der Waals surface area contributed by atoms with Crippen molar-refractivity contribution in [3.05, 3.63) is 53.6 Å². The molecule has 0 saturated heterocycles. The molecule has 0 bridgehead atoms. The summed E-state index contributed by atoms with van der Waals surface area (Å²) in [6.07, 6.45) is 5.67. The minimum absolute atomic E-state index is 0.0559. The highest BCUT2D eigenvalue weighted by molar-refractivity contribution is 6.22. The Balaban J connectivity index is 2.20. The van der Waals surface area contributed by atoms with Crippen LogP contribution in [0.4, 0.5) is 4.39 Å². The van der Waals surface area contributed by atoms with Crippen molar-refractivity contribution in [1.82, 2.24) is 0 Å². The van der Waals surface area contributed by atoms with Gasteiger partial charge in [-0.2, -0.15) is 0 Å². The van der Waals surface area contributed by atoms with E-state index in [4.69, 9.17) is 16.3 Å². The molecule has 0 amide bonds. The first kappa shape index (κ1) is 13.2. The van der Waals surface area contributed by atoms with Crippen LogP contribution < -0.4 is 4.74 Å². The molecule has 1 aromatic carbocycles. The van der Waals surface area contributed by atoms with Crippen LogP contribution in [0.1, 0.15) is 19.4 Å². The normalized spacial score (nSPS) is 21.6. The molecule has 3 heteroatoms. The fourth-order valence-corrected chi connectivity index (χ4v) is 1.89. The second kappa shape index (κ2) is 4.77. The zero-order chi connectivity index (χ0) is 13.3. The average molecular weight is 267 g/mol. The summed E-state index contributed by atoms with van der Waals surface area (Å²) in [5, 5.41) is -0.0559. The van der Waals surface area contributed by atoms with Crippen molar-refractivity contribution >= 4 is 11.6 Å². The van der Waals surface area contributed by atoms with E-state index in [2.05, 4.69) is 0 Å². The molecule has 0 saturated carbocycles. The molecule has 0 aromatic heterocycles. The van der Waals surface area contributed by atoms with E-state index in [1.807, 2.05) is 32.1 Å². The van der Waals surface area contributed by atoms with Gasteiger partial charge in [0.15, 0.2) is 0 Å². The summed E-state index contributed by atoms with van der Waals surface area (Å²) in [5.41, 5.74) is 0.436. The Hall–Kier alpha value is -1.28. The summed E-state index contributed by atoms with van der Waals surface area (Å²) in [5.74, 6) is 0.931. The smallest absolute Gasteiger partial charge is 0.130 e. The van der Waals surface area contributed by atoms with Gasteiger partial charge in [0.25, 0.3) is 0 Å². The highest BCUT2D eigenvalue weighted by Crippen LogP contribution is 2.34. The zero-order valence-electron chi connectivity index (χ0n) is 10.7. The van der Waals surface area contributed by atoms with Gasteiger partial charge in [-0.1, -0.05) is 26.0 Å². The lowest BCUT2D eigenvalue weighted by atomic mass is 9.85. The van der Waals surface area contributed by atoms with Crippen molar-refractivity contribution in [2.45, 2.75) is 26.1 Å². The lowest BCUT2D eigenvalue weighted by Gasteiger charge is -2.28. The number of benzene rings is 1. The van der Waals surface area contributed by atoms with Gasteiger partial charge in [-0.25, -0.2) is 4.39 Å². The number of hydrogen-bond acceptors (Lipinski definition) is 1. The number of allylic oxidation sites excluding steroid dienone is 3. The molecule has 1 aromatic rings. The monoisotopic (exact) mass is 266 g/mol. The van der Waals surface area contributed by atoms with Crippen LogP contribution in [0.15, 0.2) is 42.2 Å². The molecule has 0 radical (unpaired) electrons. The summed E-state index contributed by atoms with van der Waals surface area (Å²) >= 11 is 6.18. The maximum Gasteiger partial charge on any atom is 0.130 e. The van der Waals surface area contributed by atoms with Crippen molar-refractivity contribution < 1.29 is 9.13 Å². The Morgan fingerprint density at radius 3 is 2.67 bits per heavy atom. The van der Waals surface area contributed by atoms with Gasteiger partial charge in [0, 0.05) is 11.5 Å². The fraction of sp³-hybridized carbons (Fsp3) is 0.333. The molecule has 1 unspecified atom stereocenters. The van der Waals surface area contributed by atoms with Gasteiger partial charge >= 0.3 is 0 Å². The quantitative estimate of drug-likeness (QED) is 0.711. The predicted molar refractivity (Wildman–Crippen MR) is 72.4 cm³/mol. The molecule has 0 heterocycles. The zero-order valence-corrected chi connectivity index (χ0v) is 11.5. The molecule has 0 N–H and O–H groups in total. The van der Waals surface area contributed by atoms with E-state index in [0.29, 0.717) is 17.1 Å². The van der Waals surface area contributed by atoms with Crippen LogP contribution in [0.3, 0.4) is 0 Å². The highest BCUT2D eigenvalue weighted by atomic mass is 35.5. The number of ether oxygens (including phenoxy) is 1. The first-order valence-electron chi connectivity index (χ1n) is 5.87. The van der Waals surface area contributed by atoms with Crippen molar-refractivity contribution in [1.29, 1.82) is 0 Å². The first-order valence-corrected chi connectivity index (χ1v) is 6.31. The van der Waals surface area contributed by atoms with E-state index in [9.17, 15) is 4.39 Å². The van der Waals surface area contributed by atoms with E-state index < -0.39 is 0 Å². The van der Waals surface area contributed by atoms with E-state index in [1.54, 1.807) is 19.1 Å². The number of rotatable bonds is 2. The number of halogens is 2. The van der Waals surface area contributed by atoms with Gasteiger partial charge in [-0.05, 0) is 30.7 Å². The SMILES string of the molecule is Cc1ccc(OC2=CC(C)(C)C(Cl)C=C2)cc1F. The molecule has 0 spiro atoms. The maximum absolute atomic E-state index is 13.4. The first-order chi connectivity index (χ1) is 8.38. The molecule has 1 nitrogen and oxygen atoms in total. The predicted octanol–water partition coefficient (Wildman–Crippen LogP) is 4.60. The third kappa shape index (κ3) is 2.75. The average Bonchev–Trinajstić information content (AvgIpc) is 2.28. The summed E-state index contributed by atoms with van der Waals surface area (Å²) in [4.78, 5) is 0. The fourth-order valence-electron chi connectivity index (χ4n) is 1.76. The minimum atomic E-state index is -0.262. The molecule has 1 atom stereocenters. The molecule has 0 fully saturated rings. The standard InChI is InChI=1S/C15H16ClFO/c1-10-4-5-11(8-13(10)17)18-12-6-7-14(16)15(2,3)9-12/h4-9,14H,1-3H3. The summed E-state index contributed by atoms with van der Waals surface area (Å²) in [7, 11) is 0. The Bertz CT molecular complexity index is 517. The van der Waals surface area contributed by atoms with Crippen LogP contribution in [0.2, 0.25) is 0 Å². The molecule has 1 aliphatic rings. The van der Waals surface area contributed by atoms with Gasteiger partial charge in [0.1, 0.15) is 17.3 Å². The Kier molecular flexibility index (Phi) is 3.49. The van der Waals surface area contributed by atoms with Gasteiger partial charge in [-0.15, -0.1) is 11.6 Å². The number of aryl methyl sites for hydroxylation is 1. The van der Waals surface area contributed by atoms with Crippen LogP contribution in [0.5, 0.6) is 5.75 Å². The molecule has 18 heavy (non-hydrogen) atoms. The van der Waals surface area contributed by atoms with E-state index >= 15 is 0 Å². The summed E-state index contributed by atoms with van der Waals surface area (Å²) in [6.45, 7) is 5.79. The topological polar surface area (TPSA) is 9.23 Å². The van der Waals surface area contributed by atoms with Crippen LogP contribution >= 0.6 is 11.6 Å². The Morgan fingerprint density at radius 2 is 2.06 bits per heavy atom. The Labute approximate surface area is 112 Å². The third-order valence-corrected chi connectivity index (χ3v) is 3.74. The number of hydrogen-bond donors (Lipinski definition) is 0. The van der Waals surface area contributed by atoms with Gasteiger partial charge in [0.05, 0.1) is 5.38 Å². The van der Waals surface area contributed by atoms with E-state index in [1.165, 1.54) is 6.07 Å². The third-order valence-electron chi connectivity index (χ3n) is 3.03. The van der Waals surface area contributed by atoms with E-state index in [-0.39, 0.29) is 16.6 Å². The van der Waals surface area contributed by atoms with Crippen LogP contribution in [0, 0.1) is 18.2 Å². The van der Waals surface area contributed by atoms with Crippen molar-refractivity contribution in [2.24, 2.45) is 5.41 Å². The molecule has 1 aliphatic carbocycles. The molecule has 2 rings (SSSR count). The van der Waals surface area contributed by atoms with Crippen LogP contribution in [0.25, 0.3) is 0 Å². The molecule has 0 aliphatic heterocycles. The van der Waals surface area contributed by atoms with Gasteiger partial charge < -0.3 is 4.74 Å². The summed E-state index contributed by atoms with van der Waals surface area (Å²) in [6, 6.07) is 4.85. The van der Waals surface area contributed by atoms with Crippen molar-refractivity contribution in [2.75, 3.05) is 0 Å². The highest BCUT2D eigenvalue weighted by Gasteiger charge is 2.27. The van der Waals surface area contributed by atoms with Gasteiger partial charge in [0.2, 0.25) is 0 Å². The lowest BCUT2D eigenvalue weighted by Crippen LogP contribution is -2.24.